The van der Waals surface area contributed by atoms with Crippen LogP contribution in [-0.2, 0) is 9.84 Å². The molecule has 1 heterocycles. The Morgan fingerprint density at radius 1 is 1.62 bits per heavy atom. The van der Waals surface area contributed by atoms with E-state index in [1.165, 1.54) is 0 Å². The van der Waals surface area contributed by atoms with E-state index in [2.05, 4.69) is 0 Å². The van der Waals surface area contributed by atoms with Crippen molar-refractivity contribution in [3.05, 3.63) is 0 Å². The molecule has 1 aliphatic rings. The molecule has 3 nitrogen and oxygen atoms in total. The van der Waals surface area contributed by atoms with Crippen LogP contribution in [0.3, 0.4) is 0 Å². The third-order valence-electron chi connectivity index (χ3n) is 1.59. The lowest BCUT2D eigenvalue weighted by atomic mass is 10.2. The molecule has 2 atom stereocenters. The van der Waals surface area contributed by atoms with Crippen LogP contribution in [0.2, 0.25) is 0 Å². The monoisotopic (exact) mass is 135 g/mol. The summed E-state index contributed by atoms with van der Waals surface area (Å²) >= 11 is 0. The summed E-state index contributed by atoms with van der Waals surface area (Å²) in [4.78, 5) is 0. The lowest BCUT2D eigenvalue weighted by molar-refractivity contribution is 0.528. The molecular formula is C4H9NO2S. The van der Waals surface area contributed by atoms with Crippen molar-refractivity contribution in [3.8, 4) is 0 Å². The highest BCUT2D eigenvalue weighted by molar-refractivity contribution is 7.93. The first kappa shape index (κ1) is 6.04. The first-order chi connectivity index (χ1) is 3.54. The van der Waals surface area contributed by atoms with Crippen LogP contribution in [0.1, 0.15) is 6.92 Å². The van der Waals surface area contributed by atoms with Gasteiger partial charge in [-0.05, 0) is 6.92 Å². The van der Waals surface area contributed by atoms with Gasteiger partial charge in [0.15, 0.2) is 9.84 Å². The normalized spacial score (nSPS) is 43.2. The van der Waals surface area contributed by atoms with E-state index in [1.807, 2.05) is 0 Å². The van der Waals surface area contributed by atoms with Crippen LogP contribution in [0.4, 0.5) is 0 Å². The van der Waals surface area contributed by atoms with Crippen LogP contribution in [0.15, 0.2) is 0 Å². The highest BCUT2D eigenvalue weighted by Gasteiger charge is 2.39. The molecule has 2 N–H and O–H groups in total. The van der Waals surface area contributed by atoms with E-state index in [0.29, 0.717) is 0 Å². The summed E-state index contributed by atoms with van der Waals surface area (Å²) in [6.45, 7) is 1.64. The summed E-state index contributed by atoms with van der Waals surface area (Å²) in [5, 5.41) is -0.303. The smallest absolute Gasteiger partial charge is 0.156 e. The summed E-state index contributed by atoms with van der Waals surface area (Å²) in [5.74, 6) is 0.175. The Balaban J connectivity index is 2.75. The lowest BCUT2D eigenvalue weighted by Gasteiger charge is -2.29. The second kappa shape index (κ2) is 1.45. The maximum absolute atomic E-state index is 10.5. The number of nitrogens with two attached hydrogens (primary N) is 1. The molecule has 2 unspecified atom stereocenters. The van der Waals surface area contributed by atoms with E-state index in [0.717, 1.165) is 0 Å². The molecule has 0 radical (unpaired) electrons. The standard InChI is InChI=1S/C4H9NO2S/c1-3-4(5)2-8(3,6)7/h3-4H,2,5H2,1H3. The third kappa shape index (κ3) is 0.641. The van der Waals surface area contributed by atoms with Gasteiger partial charge in [0.25, 0.3) is 0 Å². The van der Waals surface area contributed by atoms with Crippen molar-refractivity contribution in [3.63, 3.8) is 0 Å². The molecule has 4 heteroatoms. The molecule has 8 heavy (non-hydrogen) atoms. The minimum absolute atomic E-state index is 0.111. The van der Waals surface area contributed by atoms with Crippen molar-refractivity contribution in [1.29, 1.82) is 0 Å². The van der Waals surface area contributed by atoms with Crippen molar-refractivity contribution in [2.24, 2.45) is 5.73 Å². The number of sulfone groups is 1. The SMILES string of the molecule is CC1C(N)CS1(=O)=O. The molecule has 1 saturated heterocycles. The third-order valence-corrected chi connectivity index (χ3v) is 3.93. The summed E-state index contributed by atoms with van der Waals surface area (Å²) < 4.78 is 21.1. The van der Waals surface area contributed by atoms with E-state index < -0.39 is 9.84 Å². The predicted octanol–water partition coefficient (Wildman–Crippen LogP) is -0.869. The maximum Gasteiger partial charge on any atom is 0.156 e. The molecule has 0 saturated carbocycles. The van der Waals surface area contributed by atoms with E-state index in [-0.39, 0.29) is 17.0 Å². The van der Waals surface area contributed by atoms with E-state index in [1.54, 1.807) is 6.92 Å². The topological polar surface area (TPSA) is 60.2 Å². The Bertz CT molecular complexity index is 184. The lowest BCUT2D eigenvalue weighted by Crippen LogP contribution is -2.55. The van der Waals surface area contributed by atoms with Crippen molar-refractivity contribution in [1.82, 2.24) is 0 Å². The van der Waals surface area contributed by atoms with Gasteiger partial charge in [-0.25, -0.2) is 8.42 Å². The van der Waals surface area contributed by atoms with Crippen LogP contribution < -0.4 is 5.73 Å². The van der Waals surface area contributed by atoms with Crippen molar-refractivity contribution >= 4 is 9.84 Å². The Kier molecular flexibility index (Phi) is 1.09. The maximum atomic E-state index is 10.5. The van der Waals surface area contributed by atoms with E-state index in [4.69, 9.17) is 5.73 Å². The van der Waals surface area contributed by atoms with Gasteiger partial charge in [0.1, 0.15) is 0 Å². The van der Waals surface area contributed by atoms with Gasteiger partial charge in [0, 0.05) is 6.04 Å². The Morgan fingerprint density at radius 2 is 2.12 bits per heavy atom. The first-order valence-electron chi connectivity index (χ1n) is 2.51. The minimum atomic E-state index is -2.73. The van der Waals surface area contributed by atoms with Gasteiger partial charge < -0.3 is 5.73 Å². The Hall–Kier alpha value is -0.0900. The molecule has 1 rings (SSSR count). The van der Waals surface area contributed by atoms with Gasteiger partial charge in [0.2, 0.25) is 0 Å². The Morgan fingerprint density at radius 3 is 2.12 bits per heavy atom. The fourth-order valence-electron chi connectivity index (χ4n) is 0.700. The zero-order valence-corrected chi connectivity index (χ0v) is 5.48. The van der Waals surface area contributed by atoms with Gasteiger partial charge in [-0.2, -0.15) is 0 Å². The number of hydrogen-bond donors (Lipinski definition) is 1. The molecule has 0 aromatic heterocycles. The second-order valence-electron chi connectivity index (χ2n) is 2.20. The van der Waals surface area contributed by atoms with Crippen molar-refractivity contribution in [2.45, 2.75) is 18.2 Å². The average molecular weight is 135 g/mol. The zero-order valence-electron chi connectivity index (χ0n) is 4.66. The summed E-state index contributed by atoms with van der Waals surface area (Å²) in [6, 6.07) is -0.111. The molecule has 0 aromatic carbocycles. The fourth-order valence-corrected chi connectivity index (χ4v) is 2.10. The molecule has 0 spiro atoms. The van der Waals surface area contributed by atoms with Crippen molar-refractivity contribution in [2.75, 3.05) is 5.75 Å². The van der Waals surface area contributed by atoms with E-state index in [9.17, 15) is 8.42 Å². The quantitative estimate of drug-likeness (QED) is 0.469. The zero-order chi connectivity index (χ0) is 6.36. The average Bonchev–Trinajstić information content (AvgIpc) is 1.65. The molecule has 48 valence electrons. The molecule has 1 fully saturated rings. The summed E-state index contributed by atoms with van der Waals surface area (Å²) in [5.41, 5.74) is 5.32. The molecule has 0 aromatic rings. The van der Waals surface area contributed by atoms with Crippen LogP contribution in [0.5, 0.6) is 0 Å². The second-order valence-corrected chi connectivity index (χ2v) is 4.60. The number of rotatable bonds is 0. The minimum Gasteiger partial charge on any atom is -0.326 e. The summed E-state index contributed by atoms with van der Waals surface area (Å²) in [6.07, 6.45) is 0. The van der Waals surface area contributed by atoms with Gasteiger partial charge in [-0.3, -0.25) is 0 Å². The van der Waals surface area contributed by atoms with E-state index >= 15 is 0 Å². The Labute approximate surface area is 48.8 Å². The first-order valence-corrected chi connectivity index (χ1v) is 4.23. The summed E-state index contributed by atoms with van der Waals surface area (Å²) in [7, 11) is -2.73. The van der Waals surface area contributed by atoms with Crippen LogP contribution in [0, 0.1) is 0 Å². The molecule has 0 amide bonds. The van der Waals surface area contributed by atoms with Gasteiger partial charge >= 0.3 is 0 Å². The highest BCUT2D eigenvalue weighted by Crippen LogP contribution is 2.17. The molecule has 1 aliphatic heterocycles. The number of hydrogen-bond acceptors (Lipinski definition) is 3. The van der Waals surface area contributed by atoms with Crippen molar-refractivity contribution < 1.29 is 8.42 Å². The predicted molar refractivity (Wildman–Crippen MR) is 31.2 cm³/mol. The van der Waals surface area contributed by atoms with Crippen LogP contribution in [-0.4, -0.2) is 25.5 Å². The fraction of sp³-hybridized carbons (Fsp3) is 1.00. The van der Waals surface area contributed by atoms with Crippen LogP contribution >= 0.6 is 0 Å². The molecule has 0 aliphatic carbocycles. The van der Waals surface area contributed by atoms with Gasteiger partial charge in [-0.1, -0.05) is 0 Å². The van der Waals surface area contributed by atoms with Gasteiger partial charge in [0.05, 0.1) is 11.0 Å². The highest BCUT2D eigenvalue weighted by atomic mass is 32.2. The molecular weight excluding hydrogens is 126 g/mol. The largest absolute Gasteiger partial charge is 0.326 e. The van der Waals surface area contributed by atoms with Crippen LogP contribution in [0.25, 0.3) is 0 Å². The molecule has 0 bridgehead atoms. The van der Waals surface area contributed by atoms with Gasteiger partial charge in [-0.15, -0.1) is 0 Å².